The Hall–Kier alpha value is -4.35. The van der Waals surface area contributed by atoms with E-state index < -0.39 is 0 Å². The molecule has 0 atom stereocenters. The SMILES string of the molecule is C=Cn1[nH]c2csc(=N)c-2c1/C=C1\N=CN/C(=C\c2c3c(=N)scc-3[nH]n2C=C)c2c[nH]cc21. The Bertz CT molecular complexity index is 1710. The van der Waals surface area contributed by atoms with Crippen molar-refractivity contribution in [3.05, 3.63) is 68.2 Å². The van der Waals surface area contributed by atoms with Gasteiger partial charge in [-0.05, 0) is 12.2 Å². The van der Waals surface area contributed by atoms with E-state index in [0.717, 1.165) is 56.4 Å². The van der Waals surface area contributed by atoms with Crippen molar-refractivity contribution < 1.29 is 0 Å². The second-order valence-electron chi connectivity index (χ2n) is 7.58. The summed E-state index contributed by atoms with van der Waals surface area (Å²) in [5.41, 5.74) is 8.52. The van der Waals surface area contributed by atoms with Crippen LogP contribution < -0.4 is 14.7 Å². The monoisotopic (exact) mass is 485 g/mol. The molecule has 5 aliphatic rings. The number of nitrogens with one attached hydrogen (secondary N) is 6. The summed E-state index contributed by atoms with van der Waals surface area (Å²) < 4.78 is 4.58. The second kappa shape index (κ2) is 7.61. The number of aromatic amines is 3. The molecule has 34 heavy (non-hydrogen) atoms. The third-order valence-corrected chi connectivity index (χ3v) is 7.34. The maximum absolute atomic E-state index is 8.33. The van der Waals surface area contributed by atoms with Gasteiger partial charge in [-0.2, -0.15) is 0 Å². The lowest BCUT2D eigenvalue weighted by Gasteiger charge is -2.07. The fourth-order valence-corrected chi connectivity index (χ4v) is 5.68. The first-order valence-electron chi connectivity index (χ1n) is 10.3. The normalized spacial score (nSPS) is 15.8. The van der Waals surface area contributed by atoms with E-state index in [1.807, 2.05) is 40.0 Å². The van der Waals surface area contributed by atoms with Gasteiger partial charge in [0.1, 0.15) is 9.34 Å². The molecule has 0 fully saturated rings. The molecule has 5 aliphatic heterocycles. The molecule has 0 saturated carbocycles. The molecule has 0 aliphatic carbocycles. The fraction of sp³-hybridized carbons (Fsp3) is 0. The van der Waals surface area contributed by atoms with E-state index in [-0.39, 0.29) is 0 Å². The van der Waals surface area contributed by atoms with Crippen LogP contribution in [-0.2, 0) is 0 Å². The summed E-state index contributed by atoms with van der Waals surface area (Å²) in [6.45, 7) is 7.78. The molecule has 0 unspecified atom stereocenters. The Morgan fingerprint density at radius 3 is 2.06 bits per heavy atom. The minimum Gasteiger partial charge on any atom is -0.366 e. The molecule has 6 rings (SSSR count). The fourth-order valence-electron chi connectivity index (χ4n) is 4.20. The van der Waals surface area contributed by atoms with Crippen LogP contribution in [0.2, 0.25) is 0 Å². The molecule has 0 amide bonds. The molecule has 11 heteroatoms. The first-order chi connectivity index (χ1) is 16.6. The molecule has 168 valence electrons. The van der Waals surface area contributed by atoms with E-state index in [4.69, 9.17) is 10.8 Å². The molecule has 0 radical (unpaired) electrons. The van der Waals surface area contributed by atoms with E-state index in [9.17, 15) is 0 Å². The van der Waals surface area contributed by atoms with Crippen LogP contribution in [0.4, 0.5) is 0 Å². The van der Waals surface area contributed by atoms with Crippen LogP contribution in [0.3, 0.4) is 0 Å². The number of nitrogens with zero attached hydrogens (tertiary/aromatic N) is 3. The largest absolute Gasteiger partial charge is 0.366 e. The average Bonchev–Trinajstić information content (AvgIpc) is 3.62. The van der Waals surface area contributed by atoms with Gasteiger partial charge in [0, 0.05) is 46.7 Å². The van der Waals surface area contributed by atoms with E-state index >= 15 is 0 Å². The van der Waals surface area contributed by atoms with Gasteiger partial charge in [0.2, 0.25) is 0 Å². The van der Waals surface area contributed by atoms with Gasteiger partial charge in [-0.3, -0.25) is 30.4 Å². The van der Waals surface area contributed by atoms with Crippen molar-refractivity contribution in [2.45, 2.75) is 0 Å². The molecular formula is C23H19N9S2. The van der Waals surface area contributed by atoms with Gasteiger partial charge in [0.05, 0.1) is 51.6 Å². The Labute approximate surface area is 201 Å². The first-order valence-corrected chi connectivity index (χ1v) is 12.0. The summed E-state index contributed by atoms with van der Waals surface area (Å²) in [7, 11) is 0. The Kier molecular flexibility index (Phi) is 4.54. The number of fused-ring (bicyclic) bond motifs is 3. The maximum atomic E-state index is 8.33. The van der Waals surface area contributed by atoms with Crippen molar-refractivity contribution in [2.24, 2.45) is 4.99 Å². The predicted octanol–water partition coefficient (Wildman–Crippen LogP) is 4.39. The van der Waals surface area contributed by atoms with Crippen molar-refractivity contribution in [3.8, 4) is 22.5 Å². The van der Waals surface area contributed by atoms with E-state index in [2.05, 4.69) is 38.6 Å². The molecule has 0 saturated heterocycles. The Morgan fingerprint density at radius 1 is 0.853 bits per heavy atom. The molecule has 0 aromatic carbocycles. The molecule has 9 nitrogen and oxygen atoms in total. The summed E-state index contributed by atoms with van der Waals surface area (Å²) in [5.74, 6) is 0. The minimum absolute atomic E-state index is 0.483. The lowest BCUT2D eigenvalue weighted by atomic mass is 10.0. The van der Waals surface area contributed by atoms with Gasteiger partial charge in [0.15, 0.2) is 0 Å². The van der Waals surface area contributed by atoms with Gasteiger partial charge in [0.25, 0.3) is 0 Å². The van der Waals surface area contributed by atoms with E-state index in [1.54, 1.807) is 23.4 Å². The van der Waals surface area contributed by atoms with Crippen LogP contribution in [0.1, 0.15) is 22.5 Å². The van der Waals surface area contributed by atoms with Crippen LogP contribution in [-0.4, -0.2) is 30.9 Å². The highest BCUT2D eigenvalue weighted by molar-refractivity contribution is 7.08. The van der Waals surface area contributed by atoms with Gasteiger partial charge in [-0.25, -0.2) is 4.99 Å². The van der Waals surface area contributed by atoms with Crippen molar-refractivity contribution in [1.82, 2.24) is 29.9 Å². The zero-order valence-corrected chi connectivity index (χ0v) is 19.4. The van der Waals surface area contributed by atoms with Gasteiger partial charge >= 0.3 is 0 Å². The smallest absolute Gasteiger partial charge is 0.119 e. The maximum Gasteiger partial charge on any atom is 0.119 e. The lowest BCUT2D eigenvalue weighted by molar-refractivity contribution is 0.935. The van der Waals surface area contributed by atoms with Gasteiger partial charge in [-0.15, -0.1) is 22.7 Å². The molecule has 6 heterocycles. The van der Waals surface area contributed by atoms with Gasteiger partial charge < -0.3 is 10.3 Å². The van der Waals surface area contributed by atoms with Crippen LogP contribution in [0.25, 0.3) is 58.5 Å². The highest BCUT2D eigenvalue weighted by Gasteiger charge is 2.22. The topological polar surface area (TPSA) is 129 Å². The highest BCUT2D eigenvalue weighted by atomic mass is 32.1. The summed E-state index contributed by atoms with van der Waals surface area (Å²) in [6, 6.07) is 0. The van der Waals surface area contributed by atoms with Gasteiger partial charge in [-0.1, -0.05) is 13.2 Å². The number of hydrogen-bond donors (Lipinski definition) is 6. The average molecular weight is 486 g/mol. The first kappa shape index (κ1) is 20.3. The summed E-state index contributed by atoms with van der Waals surface area (Å²) in [4.78, 5) is 7.87. The number of aromatic nitrogens is 5. The molecule has 1 aromatic heterocycles. The summed E-state index contributed by atoms with van der Waals surface area (Å²) in [6.07, 6.45) is 12.8. The third-order valence-electron chi connectivity index (χ3n) is 5.75. The number of thiophene rings is 2. The number of H-pyrrole nitrogens is 3. The van der Waals surface area contributed by atoms with Crippen molar-refractivity contribution in [2.75, 3.05) is 0 Å². The molecule has 0 spiro atoms. The molecule has 0 bridgehead atoms. The summed E-state index contributed by atoms with van der Waals surface area (Å²) >= 11 is 2.77. The Morgan fingerprint density at radius 2 is 1.44 bits per heavy atom. The van der Waals surface area contributed by atoms with E-state index in [1.165, 1.54) is 22.7 Å². The van der Waals surface area contributed by atoms with Crippen LogP contribution >= 0.6 is 22.7 Å². The van der Waals surface area contributed by atoms with Crippen molar-refractivity contribution >= 4 is 65.0 Å². The van der Waals surface area contributed by atoms with Crippen LogP contribution in [0, 0.1) is 10.8 Å². The lowest BCUT2D eigenvalue weighted by Crippen LogP contribution is -2.08. The second-order valence-corrected chi connectivity index (χ2v) is 9.34. The predicted molar refractivity (Wildman–Crippen MR) is 139 cm³/mol. The summed E-state index contributed by atoms with van der Waals surface area (Å²) in [5, 5.41) is 30.3. The van der Waals surface area contributed by atoms with Crippen molar-refractivity contribution in [3.63, 3.8) is 0 Å². The standard InChI is InChI=1S/C23H19N9S2/c1-3-31-18(20-16(29-31)9-33-22(20)24)5-14-12-7-26-8-13(12)15(28-11-27-14)6-19-21-17(10-34-23(21)25)30-32(19)4-2/h3-11,24-26,29-30H,1-2H2,(H,27,28)/b14-5-,15-6-,24-22?,25-23?. The minimum atomic E-state index is 0.483. The van der Waals surface area contributed by atoms with Crippen molar-refractivity contribution in [1.29, 1.82) is 10.8 Å². The molecule has 1 aromatic rings. The van der Waals surface area contributed by atoms with Crippen LogP contribution in [0.5, 0.6) is 0 Å². The highest BCUT2D eigenvalue weighted by Crippen LogP contribution is 2.34. The number of aliphatic imine (C=N–C) groups is 1. The number of hydrogen-bond acceptors (Lipinski definition) is 6. The quantitative estimate of drug-likeness (QED) is 0.222. The van der Waals surface area contributed by atoms with E-state index in [0.29, 0.717) is 9.34 Å². The zero-order chi connectivity index (χ0) is 23.4. The number of rotatable bonds is 4. The third kappa shape index (κ3) is 2.95. The molecular weight excluding hydrogens is 466 g/mol. The Balaban J connectivity index is 1.51. The molecule has 6 N–H and O–H groups in total. The zero-order valence-electron chi connectivity index (χ0n) is 17.8. The van der Waals surface area contributed by atoms with Crippen LogP contribution in [0.15, 0.2) is 41.3 Å².